The van der Waals surface area contributed by atoms with Gasteiger partial charge in [-0.05, 0) is 49.4 Å². The van der Waals surface area contributed by atoms with E-state index in [9.17, 15) is 4.39 Å². The number of thioether (sulfide) groups is 1. The molecule has 0 fully saturated rings. The molecule has 0 heterocycles. The van der Waals surface area contributed by atoms with Crippen LogP contribution in [0.15, 0.2) is 47.4 Å². The van der Waals surface area contributed by atoms with E-state index in [-0.39, 0.29) is 11.6 Å². The number of halogens is 1. The molecule has 1 unspecified atom stereocenters. The van der Waals surface area contributed by atoms with Crippen molar-refractivity contribution in [1.29, 1.82) is 0 Å². The highest BCUT2D eigenvalue weighted by atomic mass is 32.2. The molecule has 1 atom stereocenters. The third-order valence-electron chi connectivity index (χ3n) is 3.41. The molecule has 4 heteroatoms. The first-order valence-electron chi connectivity index (χ1n) is 6.86. The Balaban J connectivity index is 2.04. The molecule has 2 rings (SSSR count). The number of benzene rings is 2. The molecule has 0 aliphatic carbocycles. The molecular formula is C17H20FNOS. The average Bonchev–Trinajstić information content (AvgIpc) is 2.52. The lowest BCUT2D eigenvalue weighted by Crippen LogP contribution is -2.11. The maximum Gasteiger partial charge on any atom is 0.165 e. The Morgan fingerprint density at radius 3 is 2.71 bits per heavy atom. The number of rotatable bonds is 6. The first-order valence-corrected chi connectivity index (χ1v) is 7.85. The molecule has 0 aromatic heterocycles. The predicted octanol–water partition coefficient (Wildman–Crippen LogP) is 4.41. The second kappa shape index (κ2) is 7.48. The maximum atomic E-state index is 13.6. The fourth-order valence-electron chi connectivity index (χ4n) is 2.01. The fraction of sp³-hybridized carbons (Fsp3) is 0.294. The number of ether oxygens (including phenoxy) is 1. The Kier molecular flexibility index (Phi) is 5.65. The van der Waals surface area contributed by atoms with Gasteiger partial charge in [0.25, 0.3) is 0 Å². The smallest absolute Gasteiger partial charge is 0.165 e. The molecule has 112 valence electrons. The third kappa shape index (κ3) is 4.22. The van der Waals surface area contributed by atoms with Crippen LogP contribution in [0.3, 0.4) is 0 Å². The summed E-state index contributed by atoms with van der Waals surface area (Å²) in [6.45, 7) is 2.13. The van der Waals surface area contributed by atoms with Gasteiger partial charge in [-0.3, -0.25) is 0 Å². The summed E-state index contributed by atoms with van der Waals surface area (Å²) in [6.07, 6.45) is 0. The van der Waals surface area contributed by atoms with Crippen LogP contribution in [0, 0.1) is 5.82 Å². The molecule has 0 spiro atoms. The largest absolute Gasteiger partial charge is 0.494 e. The SMILES string of the molecule is CNC(C)c1cccc(SCc2ccc(OC)c(F)c2)c1. The predicted molar refractivity (Wildman–Crippen MR) is 86.4 cm³/mol. The Hall–Kier alpha value is -1.52. The van der Waals surface area contributed by atoms with Gasteiger partial charge in [-0.15, -0.1) is 11.8 Å². The minimum Gasteiger partial charge on any atom is -0.494 e. The zero-order valence-corrected chi connectivity index (χ0v) is 13.3. The van der Waals surface area contributed by atoms with Gasteiger partial charge >= 0.3 is 0 Å². The van der Waals surface area contributed by atoms with Crippen molar-refractivity contribution in [2.24, 2.45) is 0 Å². The quantitative estimate of drug-likeness (QED) is 0.799. The number of nitrogens with one attached hydrogen (secondary N) is 1. The van der Waals surface area contributed by atoms with E-state index in [0.717, 1.165) is 11.3 Å². The Morgan fingerprint density at radius 1 is 1.24 bits per heavy atom. The summed E-state index contributed by atoms with van der Waals surface area (Å²) in [6, 6.07) is 13.8. The Labute approximate surface area is 129 Å². The van der Waals surface area contributed by atoms with E-state index in [1.54, 1.807) is 17.8 Å². The van der Waals surface area contributed by atoms with Gasteiger partial charge in [0.2, 0.25) is 0 Å². The summed E-state index contributed by atoms with van der Waals surface area (Å²) in [5.74, 6) is 0.708. The standard InChI is InChI=1S/C17H20FNOS/c1-12(19-2)14-5-4-6-15(10-14)21-11-13-7-8-17(20-3)16(18)9-13/h4-10,12,19H,11H2,1-3H3. The normalized spacial score (nSPS) is 12.2. The van der Waals surface area contributed by atoms with E-state index in [4.69, 9.17) is 4.74 Å². The molecule has 21 heavy (non-hydrogen) atoms. The van der Waals surface area contributed by atoms with Gasteiger partial charge in [0.05, 0.1) is 7.11 Å². The highest BCUT2D eigenvalue weighted by Gasteiger charge is 2.06. The molecule has 0 aliphatic rings. The van der Waals surface area contributed by atoms with Crippen molar-refractivity contribution in [1.82, 2.24) is 5.32 Å². The van der Waals surface area contributed by atoms with Crippen LogP contribution in [0.5, 0.6) is 5.75 Å². The minimum absolute atomic E-state index is 0.286. The van der Waals surface area contributed by atoms with Gasteiger partial charge < -0.3 is 10.1 Å². The van der Waals surface area contributed by atoms with Crippen LogP contribution in [-0.2, 0) is 5.75 Å². The van der Waals surface area contributed by atoms with Crippen LogP contribution in [0.1, 0.15) is 24.1 Å². The van der Waals surface area contributed by atoms with Crippen molar-refractivity contribution in [2.75, 3.05) is 14.2 Å². The van der Waals surface area contributed by atoms with Gasteiger partial charge in [0.15, 0.2) is 11.6 Å². The zero-order valence-electron chi connectivity index (χ0n) is 12.5. The van der Waals surface area contributed by atoms with Crippen molar-refractivity contribution >= 4 is 11.8 Å². The zero-order chi connectivity index (χ0) is 15.2. The van der Waals surface area contributed by atoms with Crippen LogP contribution in [0.4, 0.5) is 4.39 Å². The average molecular weight is 305 g/mol. The molecule has 0 saturated carbocycles. The molecule has 0 aliphatic heterocycles. The fourth-order valence-corrected chi connectivity index (χ4v) is 2.91. The van der Waals surface area contributed by atoms with Crippen molar-refractivity contribution in [3.05, 3.63) is 59.4 Å². The van der Waals surface area contributed by atoms with Crippen LogP contribution in [-0.4, -0.2) is 14.2 Å². The molecule has 0 radical (unpaired) electrons. The molecular weight excluding hydrogens is 285 g/mol. The van der Waals surface area contributed by atoms with Gasteiger partial charge in [-0.2, -0.15) is 0 Å². The topological polar surface area (TPSA) is 21.3 Å². The van der Waals surface area contributed by atoms with E-state index >= 15 is 0 Å². The highest BCUT2D eigenvalue weighted by Crippen LogP contribution is 2.27. The Bertz CT molecular complexity index is 603. The number of hydrogen-bond donors (Lipinski definition) is 1. The van der Waals surface area contributed by atoms with Crippen molar-refractivity contribution in [3.63, 3.8) is 0 Å². The summed E-state index contributed by atoms with van der Waals surface area (Å²) < 4.78 is 18.6. The van der Waals surface area contributed by atoms with Gasteiger partial charge in [-0.25, -0.2) is 4.39 Å². The van der Waals surface area contributed by atoms with E-state index in [1.165, 1.54) is 23.6 Å². The van der Waals surface area contributed by atoms with Crippen LogP contribution in [0.2, 0.25) is 0 Å². The lowest BCUT2D eigenvalue weighted by atomic mass is 10.1. The molecule has 2 aromatic carbocycles. The van der Waals surface area contributed by atoms with Crippen LogP contribution in [0.25, 0.3) is 0 Å². The van der Waals surface area contributed by atoms with Gasteiger partial charge in [0.1, 0.15) is 0 Å². The van der Waals surface area contributed by atoms with Crippen molar-refractivity contribution < 1.29 is 9.13 Å². The molecule has 1 N–H and O–H groups in total. The summed E-state index contributed by atoms with van der Waals surface area (Å²) in [7, 11) is 3.42. The molecule has 2 nitrogen and oxygen atoms in total. The molecule has 0 bridgehead atoms. The van der Waals surface area contributed by atoms with Crippen LogP contribution < -0.4 is 10.1 Å². The van der Waals surface area contributed by atoms with Crippen molar-refractivity contribution in [2.45, 2.75) is 23.6 Å². The Morgan fingerprint density at radius 2 is 2.05 bits per heavy atom. The first-order chi connectivity index (χ1) is 10.1. The van der Waals surface area contributed by atoms with Gasteiger partial charge in [0, 0.05) is 16.7 Å². The highest BCUT2D eigenvalue weighted by molar-refractivity contribution is 7.98. The summed E-state index contributed by atoms with van der Waals surface area (Å²) in [4.78, 5) is 1.19. The van der Waals surface area contributed by atoms with Crippen LogP contribution >= 0.6 is 11.8 Å². The van der Waals surface area contributed by atoms with E-state index in [2.05, 4.69) is 36.5 Å². The van der Waals surface area contributed by atoms with E-state index < -0.39 is 0 Å². The summed E-state index contributed by atoms with van der Waals surface area (Å²) >= 11 is 1.70. The third-order valence-corrected chi connectivity index (χ3v) is 4.48. The monoisotopic (exact) mass is 305 g/mol. The minimum atomic E-state index is -0.312. The summed E-state index contributed by atoms with van der Waals surface area (Å²) in [5, 5.41) is 3.23. The molecule has 2 aromatic rings. The molecule has 0 saturated heterocycles. The van der Waals surface area contributed by atoms with E-state index in [0.29, 0.717) is 6.04 Å². The second-order valence-electron chi connectivity index (χ2n) is 4.84. The second-order valence-corrected chi connectivity index (χ2v) is 5.89. The number of hydrogen-bond acceptors (Lipinski definition) is 3. The van der Waals surface area contributed by atoms with Crippen molar-refractivity contribution in [3.8, 4) is 5.75 Å². The van der Waals surface area contributed by atoms with E-state index in [1.807, 2.05) is 13.1 Å². The van der Waals surface area contributed by atoms with Gasteiger partial charge in [-0.1, -0.05) is 18.2 Å². The lowest BCUT2D eigenvalue weighted by Gasteiger charge is -2.12. The first kappa shape index (κ1) is 15.9. The maximum absolute atomic E-state index is 13.6. The lowest BCUT2D eigenvalue weighted by molar-refractivity contribution is 0.386. The summed E-state index contributed by atoms with van der Waals surface area (Å²) in [5.41, 5.74) is 2.20. The molecule has 0 amide bonds. The number of methoxy groups -OCH3 is 1.